The van der Waals surface area contributed by atoms with Crippen LogP contribution in [0.5, 0.6) is 0 Å². The molecule has 0 spiro atoms. The Morgan fingerprint density at radius 1 is 1.00 bits per heavy atom. The predicted molar refractivity (Wildman–Crippen MR) is 115 cm³/mol. The average Bonchev–Trinajstić information content (AvgIpc) is 3.20. The Kier molecular flexibility index (Phi) is 5.54. The molecule has 2 amide bonds. The van der Waals surface area contributed by atoms with E-state index in [9.17, 15) is 18.0 Å². The molecule has 2 N–H and O–H groups in total. The number of nitrogens with one attached hydrogen (secondary N) is 2. The van der Waals surface area contributed by atoms with Gasteiger partial charge in [-0.2, -0.15) is 0 Å². The van der Waals surface area contributed by atoms with E-state index in [1.165, 1.54) is 53.7 Å². The lowest BCUT2D eigenvalue weighted by Crippen LogP contribution is -2.25. The minimum absolute atomic E-state index is 0.0149. The molecule has 2 aromatic carbocycles. The van der Waals surface area contributed by atoms with Gasteiger partial charge in [0, 0.05) is 18.0 Å². The van der Waals surface area contributed by atoms with Crippen LogP contribution in [-0.4, -0.2) is 38.6 Å². The second-order valence-electron chi connectivity index (χ2n) is 6.60. The fraction of sp³-hybridized carbons (Fsp3) is 0.0952. The molecule has 0 saturated carbocycles. The van der Waals surface area contributed by atoms with Crippen molar-refractivity contribution in [2.45, 2.75) is 4.90 Å². The highest BCUT2D eigenvalue weighted by Gasteiger charge is 2.26. The van der Waals surface area contributed by atoms with Crippen molar-refractivity contribution in [1.82, 2.24) is 4.98 Å². The Hall–Kier alpha value is -3.92. The number of carbonyl (C=O) groups excluding carboxylic acids is 2. The summed E-state index contributed by atoms with van der Waals surface area (Å²) in [5.74, 6) is -0.439. The van der Waals surface area contributed by atoms with E-state index in [1.807, 2.05) is 0 Å². The van der Waals surface area contributed by atoms with Gasteiger partial charge in [0.25, 0.3) is 15.9 Å². The smallest absolute Gasteiger partial charge is 0.414 e. The van der Waals surface area contributed by atoms with Crippen molar-refractivity contribution in [2.75, 3.05) is 28.1 Å². The second kappa shape index (κ2) is 8.44. The van der Waals surface area contributed by atoms with Crippen LogP contribution in [0.2, 0.25) is 0 Å². The lowest BCUT2D eigenvalue weighted by molar-refractivity contribution is 0.102. The van der Waals surface area contributed by atoms with Crippen molar-refractivity contribution >= 4 is 39.1 Å². The summed E-state index contributed by atoms with van der Waals surface area (Å²) in [5.41, 5.74) is 1.62. The summed E-state index contributed by atoms with van der Waals surface area (Å²) in [6.45, 7) is 0.674. The van der Waals surface area contributed by atoms with Crippen LogP contribution in [0.3, 0.4) is 0 Å². The molecule has 1 saturated heterocycles. The van der Waals surface area contributed by atoms with Gasteiger partial charge in [-0.05, 0) is 48.5 Å². The lowest BCUT2D eigenvalue weighted by atomic mass is 10.2. The number of aromatic nitrogens is 1. The molecule has 3 aromatic rings. The van der Waals surface area contributed by atoms with E-state index < -0.39 is 22.0 Å². The molecule has 31 heavy (non-hydrogen) atoms. The first-order valence-corrected chi connectivity index (χ1v) is 10.8. The van der Waals surface area contributed by atoms with Crippen LogP contribution in [0.15, 0.2) is 78.0 Å². The summed E-state index contributed by atoms with van der Waals surface area (Å²) < 4.78 is 32.4. The first-order valence-electron chi connectivity index (χ1n) is 9.32. The van der Waals surface area contributed by atoms with E-state index in [2.05, 4.69) is 15.0 Å². The first kappa shape index (κ1) is 20.4. The highest BCUT2D eigenvalue weighted by molar-refractivity contribution is 7.92. The summed E-state index contributed by atoms with van der Waals surface area (Å²) in [7, 11) is -3.81. The van der Waals surface area contributed by atoms with Gasteiger partial charge in [0.05, 0.1) is 28.5 Å². The molecule has 0 unspecified atom stereocenters. The van der Waals surface area contributed by atoms with Crippen LogP contribution in [0, 0.1) is 0 Å². The maximum Gasteiger partial charge on any atom is 0.414 e. The number of ether oxygens (including phenoxy) is 1. The fourth-order valence-electron chi connectivity index (χ4n) is 3.04. The number of anilines is 3. The standard InChI is InChI=1S/C21H18N4O5S/c26-20(23-18-3-1-2-4-19(18)25-13-14-30-21(25)27)15-5-7-17(8-6-15)31(28,29)24-16-9-11-22-12-10-16/h1-12H,13-14H2,(H,22,24)(H,23,26). The monoisotopic (exact) mass is 438 g/mol. The molecule has 158 valence electrons. The van der Waals surface area contributed by atoms with Gasteiger partial charge in [0.1, 0.15) is 6.61 Å². The Balaban J connectivity index is 1.50. The Morgan fingerprint density at radius 2 is 1.71 bits per heavy atom. The molecule has 1 aromatic heterocycles. The van der Waals surface area contributed by atoms with Gasteiger partial charge < -0.3 is 10.1 Å². The number of amides is 2. The topological polar surface area (TPSA) is 118 Å². The van der Waals surface area contributed by atoms with Crippen molar-refractivity contribution in [3.05, 3.63) is 78.6 Å². The van der Waals surface area contributed by atoms with Crippen LogP contribution in [-0.2, 0) is 14.8 Å². The molecule has 0 aliphatic carbocycles. The highest BCUT2D eigenvalue weighted by atomic mass is 32.2. The largest absolute Gasteiger partial charge is 0.447 e. The second-order valence-corrected chi connectivity index (χ2v) is 8.29. The Morgan fingerprint density at radius 3 is 2.39 bits per heavy atom. The van der Waals surface area contributed by atoms with E-state index in [0.717, 1.165) is 0 Å². The van der Waals surface area contributed by atoms with Gasteiger partial charge in [-0.15, -0.1) is 0 Å². The zero-order valence-electron chi connectivity index (χ0n) is 16.2. The molecule has 0 atom stereocenters. The minimum atomic E-state index is -3.81. The number of rotatable bonds is 6. The fourth-order valence-corrected chi connectivity index (χ4v) is 4.10. The number of nitrogens with zero attached hydrogens (tertiary/aromatic N) is 2. The van der Waals surface area contributed by atoms with Crippen LogP contribution >= 0.6 is 0 Å². The number of pyridine rings is 1. The zero-order valence-corrected chi connectivity index (χ0v) is 17.0. The predicted octanol–water partition coefficient (Wildman–Crippen LogP) is 3.09. The summed E-state index contributed by atoms with van der Waals surface area (Å²) in [6.07, 6.45) is 2.48. The molecule has 0 radical (unpaired) electrons. The molecule has 0 bridgehead atoms. The third-order valence-electron chi connectivity index (χ3n) is 4.56. The van der Waals surface area contributed by atoms with Gasteiger partial charge in [-0.1, -0.05) is 12.1 Å². The van der Waals surface area contributed by atoms with E-state index in [1.54, 1.807) is 24.3 Å². The van der Waals surface area contributed by atoms with E-state index >= 15 is 0 Å². The van der Waals surface area contributed by atoms with Gasteiger partial charge >= 0.3 is 6.09 Å². The molecular weight excluding hydrogens is 420 g/mol. The number of carbonyl (C=O) groups is 2. The first-order chi connectivity index (χ1) is 14.9. The zero-order chi connectivity index (χ0) is 21.8. The minimum Gasteiger partial charge on any atom is -0.447 e. The highest BCUT2D eigenvalue weighted by Crippen LogP contribution is 2.28. The summed E-state index contributed by atoms with van der Waals surface area (Å²) >= 11 is 0. The molecule has 10 heteroatoms. The van der Waals surface area contributed by atoms with Gasteiger partial charge in [-0.3, -0.25) is 19.4 Å². The van der Waals surface area contributed by atoms with Crippen molar-refractivity contribution < 1.29 is 22.7 Å². The molecule has 9 nitrogen and oxygen atoms in total. The maximum absolute atomic E-state index is 12.7. The number of hydrogen-bond donors (Lipinski definition) is 2. The summed E-state index contributed by atoms with van der Waals surface area (Å²) in [5, 5.41) is 2.76. The van der Waals surface area contributed by atoms with Crippen molar-refractivity contribution in [3.63, 3.8) is 0 Å². The molecule has 1 aliphatic heterocycles. The molecule has 2 heterocycles. The van der Waals surface area contributed by atoms with Gasteiger partial charge in [0.15, 0.2) is 0 Å². The van der Waals surface area contributed by atoms with Gasteiger partial charge in [0.2, 0.25) is 0 Å². The normalized spacial score (nSPS) is 13.5. The molecule has 1 fully saturated rings. The molecular formula is C21H18N4O5S. The average molecular weight is 438 g/mol. The third kappa shape index (κ3) is 4.48. The SMILES string of the molecule is O=C(Nc1ccccc1N1CCOC1=O)c1ccc(S(=O)(=O)Nc2ccncc2)cc1. The van der Waals surface area contributed by atoms with Crippen molar-refractivity contribution in [2.24, 2.45) is 0 Å². The Bertz CT molecular complexity index is 1210. The van der Waals surface area contributed by atoms with E-state index in [4.69, 9.17) is 4.74 Å². The van der Waals surface area contributed by atoms with Crippen LogP contribution in [0.4, 0.5) is 21.9 Å². The maximum atomic E-state index is 12.7. The van der Waals surface area contributed by atoms with Crippen LogP contribution in [0.1, 0.15) is 10.4 Å². The van der Waals surface area contributed by atoms with Crippen LogP contribution in [0.25, 0.3) is 0 Å². The van der Waals surface area contributed by atoms with E-state index in [0.29, 0.717) is 23.6 Å². The van der Waals surface area contributed by atoms with E-state index in [-0.39, 0.29) is 17.1 Å². The number of sulfonamides is 1. The molecule has 1 aliphatic rings. The number of para-hydroxylation sites is 2. The summed E-state index contributed by atoms with van der Waals surface area (Å²) in [6, 6.07) is 15.5. The van der Waals surface area contributed by atoms with Crippen molar-refractivity contribution in [3.8, 4) is 0 Å². The van der Waals surface area contributed by atoms with Crippen molar-refractivity contribution in [1.29, 1.82) is 0 Å². The molecule has 4 rings (SSSR count). The third-order valence-corrected chi connectivity index (χ3v) is 5.96. The number of benzene rings is 2. The van der Waals surface area contributed by atoms with Gasteiger partial charge in [-0.25, -0.2) is 13.2 Å². The Labute approximate surface area is 178 Å². The summed E-state index contributed by atoms with van der Waals surface area (Å²) in [4.78, 5) is 29.9. The van der Waals surface area contributed by atoms with Crippen LogP contribution < -0.4 is 14.9 Å². The lowest BCUT2D eigenvalue weighted by Gasteiger charge is -2.17. The number of hydrogen-bond acceptors (Lipinski definition) is 6. The number of cyclic esters (lactones) is 1. The quantitative estimate of drug-likeness (QED) is 0.611.